The van der Waals surface area contributed by atoms with E-state index >= 15 is 0 Å². The SMILES string of the molecule is COc1cc(CO)cc2c1O[C@@H]1[C@@H](O)[C@H](N(CC3CCCCC3)C(=O)c3cc4ccccc4oc3=O)CC(C(=O)NCCO)[C@H]21. The van der Waals surface area contributed by atoms with Gasteiger partial charge in [-0.2, -0.15) is 0 Å². The highest BCUT2D eigenvalue weighted by Crippen LogP contribution is 2.53. The summed E-state index contributed by atoms with van der Waals surface area (Å²) in [7, 11) is 1.48. The Bertz CT molecular complexity index is 1610. The zero-order chi connectivity index (χ0) is 31.7. The summed E-state index contributed by atoms with van der Waals surface area (Å²) in [4.78, 5) is 42.8. The van der Waals surface area contributed by atoms with Gasteiger partial charge in [0.1, 0.15) is 23.4 Å². The number of carbonyl (C=O) groups is 2. The number of fused-ring (bicyclic) bond motifs is 4. The number of hydrogen-bond acceptors (Lipinski definition) is 9. The third-order valence-corrected chi connectivity index (χ3v) is 9.63. The van der Waals surface area contributed by atoms with Crippen LogP contribution in [0.3, 0.4) is 0 Å². The summed E-state index contributed by atoms with van der Waals surface area (Å²) >= 11 is 0. The molecule has 4 N–H and O–H groups in total. The molecule has 1 unspecified atom stereocenters. The van der Waals surface area contributed by atoms with E-state index < -0.39 is 41.6 Å². The van der Waals surface area contributed by atoms with Crippen molar-refractivity contribution in [3.8, 4) is 11.5 Å². The normalized spacial score (nSPS) is 24.4. The minimum atomic E-state index is -1.22. The topological polar surface area (TPSA) is 159 Å². The third kappa shape index (κ3) is 5.92. The van der Waals surface area contributed by atoms with Crippen molar-refractivity contribution in [2.75, 3.05) is 26.8 Å². The monoisotopic (exact) mass is 620 g/mol. The van der Waals surface area contributed by atoms with Crippen molar-refractivity contribution in [2.24, 2.45) is 11.8 Å². The number of amides is 2. The second-order valence-electron chi connectivity index (χ2n) is 12.3. The fraction of sp³-hybridized carbons (Fsp3) is 0.500. The summed E-state index contributed by atoms with van der Waals surface area (Å²) < 4.78 is 17.4. The van der Waals surface area contributed by atoms with E-state index in [1.807, 2.05) is 0 Å². The molecule has 5 atom stereocenters. The second-order valence-corrected chi connectivity index (χ2v) is 12.3. The van der Waals surface area contributed by atoms with E-state index in [-0.39, 0.29) is 43.6 Å². The van der Waals surface area contributed by atoms with Crippen molar-refractivity contribution in [1.82, 2.24) is 10.2 Å². The Balaban J connectivity index is 1.42. The predicted octanol–water partition coefficient (Wildman–Crippen LogP) is 2.72. The van der Waals surface area contributed by atoms with Crippen molar-refractivity contribution < 1.29 is 38.8 Å². The maximum atomic E-state index is 14.4. The van der Waals surface area contributed by atoms with E-state index in [0.29, 0.717) is 40.1 Å². The van der Waals surface area contributed by atoms with Crippen LogP contribution in [-0.2, 0) is 11.4 Å². The van der Waals surface area contributed by atoms with Crippen molar-refractivity contribution in [3.63, 3.8) is 0 Å². The van der Waals surface area contributed by atoms with E-state index in [1.165, 1.54) is 13.2 Å². The lowest BCUT2D eigenvalue weighted by Crippen LogP contribution is -2.60. The molecule has 2 amide bonds. The van der Waals surface area contributed by atoms with Gasteiger partial charge in [-0.1, -0.05) is 37.5 Å². The van der Waals surface area contributed by atoms with Crippen LogP contribution in [0, 0.1) is 11.8 Å². The molecule has 2 aromatic carbocycles. The number of ether oxygens (including phenoxy) is 2. The van der Waals surface area contributed by atoms with Crippen LogP contribution in [0.4, 0.5) is 0 Å². The van der Waals surface area contributed by atoms with Crippen LogP contribution >= 0.6 is 0 Å². The van der Waals surface area contributed by atoms with Crippen LogP contribution in [0.15, 0.2) is 51.7 Å². The van der Waals surface area contributed by atoms with Gasteiger partial charge in [0.25, 0.3) is 5.91 Å². The fourth-order valence-corrected chi connectivity index (χ4v) is 7.45. The van der Waals surface area contributed by atoms with Gasteiger partial charge >= 0.3 is 5.63 Å². The molecule has 0 saturated heterocycles. The first-order chi connectivity index (χ1) is 21.8. The molecule has 2 heterocycles. The average Bonchev–Trinajstić information content (AvgIpc) is 3.46. The number of aliphatic hydroxyl groups excluding tert-OH is 3. The number of aliphatic hydroxyl groups is 3. The highest BCUT2D eigenvalue weighted by Gasteiger charge is 2.55. The van der Waals surface area contributed by atoms with Gasteiger partial charge in [0.15, 0.2) is 11.5 Å². The van der Waals surface area contributed by atoms with Gasteiger partial charge < -0.3 is 39.4 Å². The molecule has 3 aromatic rings. The zero-order valence-electron chi connectivity index (χ0n) is 25.3. The summed E-state index contributed by atoms with van der Waals surface area (Å²) in [6.45, 7) is -0.166. The second kappa shape index (κ2) is 13.2. The lowest BCUT2D eigenvalue weighted by Gasteiger charge is -2.46. The molecule has 2 saturated carbocycles. The Hall–Kier alpha value is -3.93. The van der Waals surface area contributed by atoms with E-state index in [2.05, 4.69) is 5.32 Å². The van der Waals surface area contributed by atoms with Gasteiger partial charge in [0.2, 0.25) is 5.91 Å². The first kappa shape index (κ1) is 31.1. The smallest absolute Gasteiger partial charge is 0.349 e. The predicted molar refractivity (Wildman–Crippen MR) is 164 cm³/mol. The summed E-state index contributed by atoms with van der Waals surface area (Å²) in [5.41, 5.74) is 0.666. The summed E-state index contributed by atoms with van der Waals surface area (Å²) in [5, 5.41) is 34.8. The molecule has 11 nitrogen and oxygen atoms in total. The number of methoxy groups -OCH3 is 1. The van der Waals surface area contributed by atoms with Crippen molar-refractivity contribution >= 4 is 22.8 Å². The van der Waals surface area contributed by atoms with E-state index in [4.69, 9.17) is 13.9 Å². The van der Waals surface area contributed by atoms with Crippen molar-refractivity contribution in [1.29, 1.82) is 0 Å². The molecule has 2 aliphatic carbocycles. The first-order valence-corrected chi connectivity index (χ1v) is 15.7. The molecular formula is C34H40N2O9. The number of hydrogen-bond donors (Lipinski definition) is 4. The lowest BCUT2D eigenvalue weighted by molar-refractivity contribution is -0.133. The zero-order valence-corrected chi connectivity index (χ0v) is 25.3. The molecule has 2 fully saturated rings. The third-order valence-electron chi connectivity index (χ3n) is 9.63. The van der Waals surface area contributed by atoms with Gasteiger partial charge in [-0.25, -0.2) is 4.79 Å². The molecule has 1 aromatic heterocycles. The molecule has 0 radical (unpaired) electrons. The Morgan fingerprint density at radius 3 is 2.60 bits per heavy atom. The molecule has 0 bridgehead atoms. The summed E-state index contributed by atoms with van der Waals surface area (Å²) in [5.74, 6) is -1.37. The van der Waals surface area contributed by atoms with E-state index in [1.54, 1.807) is 41.3 Å². The van der Waals surface area contributed by atoms with Gasteiger partial charge in [0, 0.05) is 30.0 Å². The van der Waals surface area contributed by atoms with Crippen LogP contribution < -0.4 is 20.4 Å². The number of nitrogens with one attached hydrogen (secondary N) is 1. The summed E-state index contributed by atoms with van der Waals surface area (Å²) in [6.07, 6.45) is 2.95. The van der Waals surface area contributed by atoms with Crippen LogP contribution in [-0.4, -0.2) is 77.1 Å². The molecular weight excluding hydrogens is 580 g/mol. The Labute approximate surface area is 260 Å². The number of benzene rings is 2. The Morgan fingerprint density at radius 1 is 1.09 bits per heavy atom. The standard InChI is InChI=1S/C34H40N2O9/c1-43-27-14-20(18-38)13-22-28-23(32(40)35-11-12-37)16-25(29(39)31(28)45-30(22)27)36(17-19-7-3-2-4-8-19)33(41)24-15-21-9-5-6-10-26(21)44-34(24)42/h5-6,9-10,13-15,19,23,25,28-29,31,37-39H,2-4,7-8,11-12,16-18H2,1H3,(H,35,40)/t23?,25-,28+,29+,31+/m1/s1. The van der Waals surface area contributed by atoms with Gasteiger partial charge in [-0.05, 0) is 55.0 Å². The van der Waals surface area contributed by atoms with Crippen LogP contribution in [0.2, 0.25) is 0 Å². The fourth-order valence-electron chi connectivity index (χ4n) is 7.45. The van der Waals surface area contributed by atoms with Gasteiger partial charge in [-0.15, -0.1) is 0 Å². The number of para-hydroxylation sites is 1. The minimum absolute atomic E-state index is 0.0382. The molecule has 3 aliphatic rings. The summed E-state index contributed by atoms with van der Waals surface area (Å²) in [6, 6.07) is 11.0. The number of nitrogens with zero attached hydrogens (tertiary/aromatic N) is 1. The lowest BCUT2D eigenvalue weighted by atomic mass is 9.70. The first-order valence-electron chi connectivity index (χ1n) is 15.7. The molecule has 6 rings (SSSR count). The van der Waals surface area contributed by atoms with Crippen molar-refractivity contribution in [3.05, 3.63) is 69.6 Å². The maximum Gasteiger partial charge on any atom is 0.349 e. The number of rotatable bonds is 9. The minimum Gasteiger partial charge on any atom is -0.493 e. The van der Waals surface area contributed by atoms with Gasteiger partial charge in [0.05, 0.1) is 32.3 Å². The highest BCUT2D eigenvalue weighted by atomic mass is 16.5. The maximum absolute atomic E-state index is 14.4. The van der Waals surface area contributed by atoms with Crippen LogP contribution in [0.25, 0.3) is 11.0 Å². The highest BCUT2D eigenvalue weighted by molar-refractivity contribution is 5.97. The Morgan fingerprint density at radius 2 is 1.87 bits per heavy atom. The molecule has 0 spiro atoms. The van der Waals surface area contributed by atoms with Gasteiger partial charge in [-0.3, -0.25) is 9.59 Å². The molecule has 11 heteroatoms. The molecule has 1 aliphatic heterocycles. The van der Waals surface area contributed by atoms with Crippen molar-refractivity contribution in [2.45, 2.75) is 69.3 Å². The van der Waals surface area contributed by atoms with E-state index in [0.717, 1.165) is 32.1 Å². The number of carbonyl (C=O) groups excluding carboxylic acids is 2. The quantitative estimate of drug-likeness (QED) is 0.264. The Kier molecular flexibility index (Phi) is 9.11. The largest absolute Gasteiger partial charge is 0.493 e. The van der Waals surface area contributed by atoms with E-state index in [9.17, 15) is 29.7 Å². The van der Waals surface area contributed by atoms with Crippen LogP contribution in [0.5, 0.6) is 11.5 Å². The molecule has 45 heavy (non-hydrogen) atoms. The molecule has 240 valence electrons. The van der Waals surface area contributed by atoms with Crippen LogP contribution in [0.1, 0.15) is 65.9 Å². The average molecular weight is 621 g/mol.